The van der Waals surface area contributed by atoms with Crippen LogP contribution in [0, 0.1) is 12.8 Å². The van der Waals surface area contributed by atoms with Crippen molar-refractivity contribution in [3.8, 4) is 0 Å². The van der Waals surface area contributed by atoms with E-state index < -0.39 is 21.7 Å². The third-order valence-electron chi connectivity index (χ3n) is 8.69. The fraction of sp³-hybridized carbons (Fsp3) is 0.421. The molecule has 0 radical (unpaired) electrons. The van der Waals surface area contributed by atoms with E-state index in [1.165, 1.54) is 0 Å². The van der Waals surface area contributed by atoms with Gasteiger partial charge in [0.2, 0.25) is 10.0 Å². The average Bonchev–Trinajstić information content (AvgIpc) is 3.37. The zero-order valence-electron chi connectivity index (χ0n) is 29.9. The molecule has 11 nitrogen and oxygen atoms in total. The molecule has 12 heteroatoms. The van der Waals surface area contributed by atoms with E-state index in [-0.39, 0.29) is 43.9 Å². The molecule has 1 aliphatic heterocycles. The minimum Gasteiger partial charge on any atom is -0.466 e. The minimum atomic E-state index is -3.83. The van der Waals surface area contributed by atoms with Crippen molar-refractivity contribution in [2.45, 2.75) is 77.3 Å². The summed E-state index contributed by atoms with van der Waals surface area (Å²) < 4.78 is 42.3. The summed E-state index contributed by atoms with van der Waals surface area (Å²) in [7, 11) is -2.00. The number of carbonyl (C=O) groups is 2. The van der Waals surface area contributed by atoms with Crippen molar-refractivity contribution in [3.05, 3.63) is 94.1 Å². The molecule has 1 N–H and O–H groups in total. The van der Waals surface area contributed by atoms with E-state index in [2.05, 4.69) is 22.6 Å². The molecular formula is C38H47N5O6S. The summed E-state index contributed by atoms with van der Waals surface area (Å²) in [6.45, 7) is 12.4. The van der Waals surface area contributed by atoms with Crippen molar-refractivity contribution in [3.63, 3.8) is 0 Å². The molecule has 0 saturated carbocycles. The predicted octanol–water partition coefficient (Wildman–Crippen LogP) is 6.28. The largest absolute Gasteiger partial charge is 0.466 e. The Balaban J connectivity index is 1.40. The lowest BCUT2D eigenvalue weighted by Crippen LogP contribution is -2.33. The zero-order valence-corrected chi connectivity index (χ0v) is 30.7. The summed E-state index contributed by atoms with van der Waals surface area (Å²) in [4.78, 5) is 25.1. The van der Waals surface area contributed by atoms with E-state index >= 15 is 0 Å². The normalized spacial score (nSPS) is 16.9. The van der Waals surface area contributed by atoms with Crippen LogP contribution >= 0.6 is 0 Å². The summed E-state index contributed by atoms with van der Waals surface area (Å²) in [6, 6.07) is 17.3. The summed E-state index contributed by atoms with van der Waals surface area (Å²) in [5.41, 5.74) is 6.26. The second kappa shape index (κ2) is 15.1. The van der Waals surface area contributed by atoms with Crippen LogP contribution in [0.3, 0.4) is 0 Å². The number of hydrogen-bond acceptors (Lipinski definition) is 8. The van der Waals surface area contributed by atoms with Crippen LogP contribution in [0.5, 0.6) is 0 Å². The molecule has 2 atom stereocenters. The Morgan fingerprint density at radius 2 is 1.82 bits per heavy atom. The fourth-order valence-electron chi connectivity index (χ4n) is 6.30. The van der Waals surface area contributed by atoms with Crippen LogP contribution in [0.4, 0.5) is 4.79 Å². The lowest BCUT2D eigenvalue weighted by atomic mass is 9.86. The maximum Gasteiger partial charge on any atom is 0.407 e. The molecular weight excluding hydrogens is 655 g/mol. The van der Waals surface area contributed by atoms with Gasteiger partial charge < -0.3 is 14.8 Å². The number of aryl methyl sites for hydroxylation is 2. The molecule has 0 spiro atoms. The monoisotopic (exact) mass is 701 g/mol. The number of nitrogens with one attached hydrogen (secondary N) is 1. The number of aromatic nitrogens is 3. The van der Waals surface area contributed by atoms with Crippen molar-refractivity contribution >= 4 is 39.2 Å². The second-order valence-electron chi connectivity index (χ2n) is 14.0. The van der Waals surface area contributed by atoms with Gasteiger partial charge >= 0.3 is 12.1 Å². The Morgan fingerprint density at radius 1 is 1.08 bits per heavy atom. The third kappa shape index (κ3) is 8.78. The van der Waals surface area contributed by atoms with Crippen LogP contribution in [0.15, 0.2) is 65.6 Å². The first-order valence-electron chi connectivity index (χ1n) is 17.0. The molecule has 0 aliphatic carbocycles. The molecule has 0 saturated heterocycles. The number of rotatable bonds is 10. The Kier molecular flexibility index (Phi) is 11.1. The number of carbonyl (C=O) groups excluding carboxylic acids is 2. The van der Waals surface area contributed by atoms with Crippen LogP contribution < -0.4 is 5.32 Å². The van der Waals surface area contributed by atoms with Crippen LogP contribution in [0.1, 0.15) is 80.3 Å². The van der Waals surface area contributed by atoms with E-state index in [4.69, 9.17) is 9.47 Å². The number of benzene rings is 3. The molecule has 2 heterocycles. The van der Waals surface area contributed by atoms with Gasteiger partial charge in [-0.05, 0) is 98.5 Å². The number of esters is 1. The molecule has 5 rings (SSSR count). The zero-order chi connectivity index (χ0) is 36.2. The van der Waals surface area contributed by atoms with Gasteiger partial charge in [0.15, 0.2) is 0 Å². The fourth-order valence-corrected chi connectivity index (χ4v) is 8.05. The van der Waals surface area contributed by atoms with Gasteiger partial charge in [-0.15, -0.1) is 5.10 Å². The van der Waals surface area contributed by atoms with Crippen molar-refractivity contribution < 1.29 is 27.5 Å². The van der Waals surface area contributed by atoms with E-state index in [1.54, 1.807) is 48.8 Å². The SMILES string of the molecule is CCOC(=O)CC(c1ccc(C)c(CN2CC(C)Cc3cc(C=CCNC(=O)OC(C)(C)C)ccc3S2(=O)=O)c1)c1ccc2c(c1)nnn2C. The van der Waals surface area contributed by atoms with E-state index in [0.717, 1.165) is 44.4 Å². The molecule has 2 unspecified atom stereocenters. The number of fused-ring (bicyclic) bond motifs is 2. The molecule has 1 aromatic heterocycles. The highest BCUT2D eigenvalue weighted by atomic mass is 32.2. The van der Waals surface area contributed by atoms with E-state index in [9.17, 15) is 18.0 Å². The maximum absolute atomic E-state index is 14.2. The van der Waals surface area contributed by atoms with E-state index in [1.807, 2.05) is 68.6 Å². The molecule has 266 valence electrons. The predicted molar refractivity (Wildman–Crippen MR) is 193 cm³/mol. The van der Waals surface area contributed by atoms with Gasteiger partial charge in [-0.2, -0.15) is 4.31 Å². The summed E-state index contributed by atoms with van der Waals surface area (Å²) in [6.07, 6.45) is 3.91. The molecule has 0 bridgehead atoms. The molecule has 0 fully saturated rings. The first-order chi connectivity index (χ1) is 23.6. The van der Waals surface area contributed by atoms with Crippen molar-refractivity contribution in [2.75, 3.05) is 19.7 Å². The summed E-state index contributed by atoms with van der Waals surface area (Å²) in [5, 5.41) is 11.1. The number of amides is 1. The maximum atomic E-state index is 14.2. The van der Waals surface area contributed by atoms with Gasteiger partial charge in [-0.25, -0.2) is 17.9 Å². The van der Waals surface area contributed by atoms with Gasteiger partial charge in [0, 0.05) is 32.6 Å². The third-order valence-corrected chi connectivity index (χ3v) is 10.6. The average molecular weight is 702 g/mol. The number of ether oxygens (including phenoxy) is 2. The van der Waals surface area contributed by atoms with Crippen LogP contribution in [0.2, 0.25) is 0 Å². The van der Waals surface area contributed by atoms with Gasteiger partial charge in [0.25, 0.3) is 0 Å². The first-order valence-corrected chi connectivity index (χ1v) is 18.4. The molecule has 3 aromatic carbocycles. The van der Waals surface area contributed by atoms with Gasteiger partial charge in [-0.3, -0.25) is 4.79 Å². The van der Waals surface area contributed by atoms with E-state index in [0.29, 0.717) is 17.9 Å². The Bertz CT molecular complexity index is 2010. The van der Waals surface area contributed by atoms with Crippen LogP contribution in [-0.2, 0) is 44.3 Å². The smallest absolute Gasteiger partial charge is 0.407 e. The Labute approximate surface area is 294 Å². The number of alkyl carbamates (subject to hydrolysis) is 1. The highest BCUT2D eigenvalue weighted by molar-refractivity contribution is 7.89. The lowest BCUT2D eigenvalue weighted by molar-refractivity contribution is -0.143. The minimum absolute atomic E-state index is 0.0675. The number of sulfonamides is 1. The van der Waals surface area contributed by atoms with Crippen molar-refractivity contribution in [1.82, 2.24) is 24.6 Å². The molecule has 50 heavy (non-hydrogen) atoms. The number of hydrogen-bond donors (Lipinski definition) is 1. The Morgan fingerprint density at radius 3 is 2.56 bits per heavy atom. The van der Waals surface area contributed by atoms with Gasteiger partial charge in [0.1, 0.15) is 11.1 Å². The second-order valence-corrected chi connectivity index (χ2v) is 15.9. The standard InChI is InChI=1S/C38H47N5O6S/c1-8-48-36(44)22-32(29-14-15-34-33(21-29)40-41-42(34)7)28-13-11-26(3)31(20-28)24-43-23-25(2)18-30-19-27(12-16-35(30)50(43,46)47)10-9-17-39-37(45)49-38(4,5)6/h9-16,19-21,25,32H,8,17-18,22-24H2,1-7H3,(H,39,45). The topological polar surface area (TPSA) is 133 Å². The quantitative estimate of drug-likeness (QED) is 0.191. The van der Waals surface area contributed by atoms with Crippen LogP contribution in [-0.4, -0.2) is 65.1 Å². The van der Waals surface area contributed by atoms with Crippen molar-refractivity contribution in [2.24, 2.45) is 13.0 Å². The summed E-state index contributed by atoms with van der Waals surface area (Å²) >= 11 is 0. The molecule has 1 amide bonds. The van der Waals surface area contributed by atoms with Crippen LogP contribution in [0.25, 0.3) is 17.1 Å². The Hall–Kier alpha value is -4.55. The van der Waals surface area contributed by atoms with Gasteiger partial charge in [0.05, 0.1) is 23.4 Å². The highest BCUT2D eigenvalue weighted by Crippen LogP contribution is 2.34. The molecule has 4 aromatic rings. The lowest BCUT2D eigenvalue weighted by Gasteiger charge is -2.24. The number of nitrogens with zero attached hydrogens (tertiary/aromatic N) is 4. The van der Waals surface area contributed by atoms with Gasteiger partial charge in [-0.1, -0.05) is 60.7 Å². The molecule has 1 aliphatic rings. The summed E-state index contributed by atoms with van der Waals surface area (Å²) in [5.74, 6) is -0.572. The van der Waals surface area contributed by atoms with Crippen molar-refractivity contribution in [1.29, 1.82) is 0 Å². The first kappa shape index (κ1) is 36.7. The highest BCUT2D eigenvalue weighted by Gasteiger charge is 2.33.